The number of likely N-dealkylation sites (N-methyl/N-ethyl adjacent to an activating group) is 1. The van der Waals surface area contributed by atoms with E-state index in [-0.39, 0.29) is 5.84 Å². The molecule has 5 heteroatoms. The number of oxime groups is 1. The second kappa shape index (κ2) is 8.55. The molecule has 1 aromatic rings. The largest absolute Gasteiger partial charge is 0.409 e. The van der Waals surface area contributed by atoms with Gasteiger partial charge in [0, 0.05) is 25.2 Å². The van der Waals surface area contributed by atoms with E-state index in [0.717, 1.165) is 43.7 Å². The Balaban J connectivity index is 2.82. The van der Waals surface area contributed by atoms with Gasteiger partial charge in [-0.25, -0.2) is 0 Å². The van der Waals surface area contributed by atoms with Crippen LogP contribution in [-0.4, -0.2) is 54.6 Å². The Bertz CT molecular complexity index is 432. The number of nitrogens with zero attached hydrogens (tertiary/aromatic N) is 3. The molecule has 0 aliphatic rings. The summed E-state index contributed by atoms with van der Waals surface area (Å²) in [6.45, 7) is 6.06. The average Bonchev–Trinajstić information content (AvgIpc) is 2.44. The quantitative estimate of drug-likeness (QED) is 0.328. The predicted molar refractivity (Wildman–Crippen MR) is 83.1 cm³/mol. The van der Waals surface area contributed by atoms with Crippen LogP contribution in [-0.2, 0) is 6.54 Å². The Labute approximate surface area is 121 Å². The van der Waals surface area contributed by atoms with Crippen molar-refractivity contribution in [2.24, 2.45) is 10.9 Å². The van der Waals surface area contributed by atoms with Crippen molar-refractivity contribution in [3.8, 4) is 0 Å². The minimum absolute atomic E-state index is 0.171. The molecule has 5 nitrogen and oxygen atoms in total. The highest BCUT2D eigenvalue weighted by atomic mass is 16.4. The first-order valence-electron chi connectivity index (χ1n) is 7.01. The Morgan fingerprint density at radius 3 is 2.50 bits per heavy atom. The molecule has 112 valence electrons. The monoisotopic (exact) mass is 278 g/mol. The lowest BCUT2D eigenvalue weighted by Crippen LogP contribution is -2.32. The Morgan fingerprint density at radius 2 is 1.90 bits per heavy atom. The Hall–Kier alpha value is -1.59. The lowest BCUT2D eigenvalue weighted by Gasteiger charge is -2.24. The van der Waals surface area contributed by atoms with Crippen LogP contribution in [0, 0.1) is 0 Å². The van der Waals surface area contributed by atoms with Gasteiger partial charge in [-0.05, 0) is 32.6 Å². The van der Waals surface area contributed by atoms with Gasteiger partial charge in [-0.3, -0.25) is 4.90 Å². The van der Waals surface area contributed by atoms with Gasteiger partial charge < -0.3 is 15.8 Å². The molecule has 0 aromatic heterocycles. The zero-order valence-electron chi connectivity index (χ0n) is 12.7. The van der Waals surface area contributed by atoms with Crippen LogP contribution in [0.5, 0.6) is 0 Å². The molecule has 20 heavy (non-hydrogen) atoms. The van der Waals surface area contributed by atoms with E-state index in [2.05, 4.69) is 36.0 Å². The SMILES string of the molecule is CCCN(CCN(C)C)Cc1ccccc1C(N)=NO. The summed E-state index contributed by atoms with van der Waals surface area (Å²) >= 11 is 0. The third kappa shape index (κ3) is 5.19. The highest BCUT2D eigenvalue weighted by molar-refractivity contribution is 5.98. The first-order valence-corrected chi connectivity index (χ1v) is 7.01. The third-order valence-electron chi connectivity index (χ3n) is 3.20. The summed E-state index contributed by atoms with van der Waals surface area (Å²) in [6, 6.07) is 7.81. The molecule has 1 rings (SSSR count). The summed E-state index contributed by atoms with van der Waals surface area (Å²) in [5.41, 5.74) is 7.64. The molecule has 0 aliphatic heterocycles. The van der Waals surface area contributed by atoms with E-state index < -0.39 is 0 Å². The Kier molecular flexibility index (Phi) is 7.04. The van der Waals surface area contributed by atoms with Crippen LogP contribution in [0.25, 0.3) is 0 Å². The van der Waals surface area contributed by atoms with E-state index >= 15 is 0 Å². The zero-order valence-corrected chi connectivity index (χ0v) is 12.7. The topological polar surface area (TPSA) is 65.1 Å². The normalized spacial score (nSPS) is 12.3. The van der Waals surface area contributed by atoms with Crippen molar-refractivity contribution in [1.82, 2.24) is 9.80 Å². The van der Waals surface area contributed by atoms with Gasteiger partial charge in [0.1, 0.15) is 0 Å². The molecule has 0 spiro atoms. The van der Waals surface area contributed by atoms with Crippen molar-refractivity contribution in [2.45, 2.75) is 19.9 Å². The molecule has 0 atom stereocenters. The molecule has 0 aliphatic carbocycles. The van der Waals surface area contributed by atoms with Crippen molar-refractivity contribution < 1.29 is 5.21 Å². The van der Waals surface area contributed by atoms with Gasteiger partial charge in [-0.2, -0.15) is 0 Å². The van der Waals surface area contributed by atoms with E-state index in [1.807, 2.05) is 24.3 Å². The van der Waals surface area contributed by atoms with Gasteiger partial charge in [-0.15, -0.1) is 0 Å². The van der Waals surface area contributed by atoms with E-state index in [1.54, 1.807) is 0 Å². The lowest BCUT2D eigenvalue weighted by atomic mass is 10.1. The fourth-order valence-corrected chi connectivity index (χ4v) is 2.13. The van der Waals surface area contributed by atoms with Gasteiger partial charge >= 0.3 is 0 Å². The molecular weight excluding hydrogens is 252 g/mol. The van der Waals surface area contributed by atoms with Crippen molar-refractivity contribution in [1.29, 1.82) is 0 Å². The van der Waals surface area contributed by atoms with Crippen molar-refractivity contribution in [2.75, 3.05) is 33.7 Å². The molecule has 0 heterocycles. The minimum Gasteiger partial charge on any atom is -0.409 e. The summed E-state index contributed by atoms with van der Waals surface area (Å²) in [5, 5.41) is 12.0. The number of hydrogen-bond donors (Lipinski definition) is 2. The maximum atomic E-state index is 8.87. The van der Waals surface area contributed by atoms with Crippen LogP contribution in [0.1, 0.15) is 24.5 Å². The Morgan fingerprint density at radius 1 is 1.20 bits per heavy atom. The molecule has 0 fully saturated rings. The average molecular weight is 278 g/mol. The molecule has 0 amide bonds. The fourth-order valence-electron chi connectivity index (χ4n) is 2.13. The maximum absolute atomic E-state index is 8.87. The molecule has 3 N–H and O–H groups in total. The molecule has 0 unspecified atom stereocenters. The standard InChI is InChI=1S/C15H26N4O/c1-4-9-19(11-10-18(2)3)12-13-7-5-6-8-14(13)15(16)17-20/h5-8,20H,4,9-12H2,1-3H3,(H2,16,17). The number of benzene rings is 1. The van der Waals surface area contributed by atoms with E-state index in [1.165, 1.54) is 0 Å². The van der Waals surface area contributed by atoms with E-state index in [4.69, 9.17) is 10.9 Å². The number of hydrogen-bond acceptors (Lipinski definition) is 4. The van der Waals surface area contributed by atoms with Gasteiger partial charge in [0.05, 0.1) is 0 Å². The van der Waals surface area contributed by atoms with Crippen molar-refractivity contribution in [3.63, 3.8) is 0 Å². The molecule has 1 aromatic carbocycles. The molecule has 0 radical (unpaired) electrons. The summed E-state index contributed by atoms with van der Waals surface area (Å²) in [4.78, 5) is 4.57. The predicted octanol–water partition coefficient (Wildman–Crippen LogP) is 1.55. The first kappa shape index (κ1) is 16.5. The second-order valence-electron chi connectivity index (χ2n) is 5.22. The number of rotatable bonds is 8. The minimum atomic E-state index is 0.171. The van der Waals surface area contributed by atoms with Crippen LogP contribution in [0.4, 0.5) is 0 Å². The molecule has 0 bridgehead atoms. The van der Waals surface area contributed by atoms with Gasteiger partial charge in [0.25, 0.3) is 0 Å². The first-order chi connectivity index (χ1) is 9.58. The second-order valence-corrected chi connectivity index (χ2v) is 5.22. The van der Waals surface area contributed by atoms with E-state index in [0.29, 0.717) is 0 Å². The smallest absolute Gasteiger partial charge is 0.170 e. The fraction of sp³-hybridized carbons (Fsp3) is 0.533. The molecule has 0 saturated heterocycles. The van der Waals surface area contributed by atoms with E-state index in [9.17, 15) is 0 Å². The zero-order chi connectivity index (χ0) is 15.0. The van der Waals surface area contributed by atoms with Crippen LogP contribution >= 0.6 is 0 Å². The van der Waals surface area contributed by atoms with Crippen LogP contribution < -0.4 is 5.73 Å². The van der Waals surface area contributed by atoms with Crippen LogP contribution in [0.15, 0.2) is 29.4 Å². The van der Waals surface area contributed by atoms with Crippen LogP contribution in [0.2, 0.25) is 0 Å². The maximum Gasteiger partial charge on any atom is 0.170 e. The summed E-state index contributed by atoms with van der Waals surface area (Å²) in [7, 11) is 4.16. The van der Waals surface area contributed by atoms with Gasteiger partial charge in [0.2, 0.25) is 0 Å². The summed E-state index contributed by atoms with van der Waals surface area (Å²) in [5.74, 6) is 0.171. The highest BCUT2D eigenvalue weighted by Crippen LogP contribution is 2.12. The van der Waals surface area contributed by atoms with Crippen molar-refractivity contribution in [3.05, 3.63) is 35.4 Å². The van der Waals surface area contributed by atoms with Gasteiger partial charge in [-0.1, -0.05) is 36.3 Å². The highest BCUT2D eigenvalue weighted by Gasteiger charge is 2.11. The van der Waals surface area contributed by atoms with Gasteiger partial charge in [0.15, 0.2) is 5.84 Å². The number of nitrogens with two attached hydrogens (primary N) is 1. The third-order valence-corrected chi connectivity index (χ3v) is 3.20. The molecule has 0 saturated carbocycles. The van der Waals surface area contributed by atoms with Crippen molar-refractivity contribution >= 4 is 5.84 Å². The molecular formula is C15H26N4O. The summed E-state index contributed by atoms with van der Waals surface area (Å²) < 4.78 is 0. The summed E-state index contributed by atoms with van der Waals surface area (Å²) in [6.07, 6.45) is 1.11. The lowest BCUT2D eigenvalue weighted by molar-refractivity contribution is 0.234. The number of amidine groups is 1. The van der Waals surface area contributed by atoms with Crippen LogP contribution in [0.3, 0.4) is 0 Å².